The van der Waals surface area contributed by atoms with Crippen LogP contribution in [0.4, 0.5) is 5.69 Å². The topological polar surface area (TPSA) is 77.2 Å². The van der Waals surface area contributed by atoms with Gasteiger partial charge in [0.05, 0.1) is 5.92 Å². The SMILES string of the molecule is CC1(N)CCCCC1C(=O)Nc1ccc(Oc2ccccn2)cc1. The van der Waals surface area contributed by atoms with Crippen molar-refractivity contribution in [1.29, 1.82) is 0 Å². The maximum atomic E-state index is 12.5. The van der Waals surface area contributed by atoms with Crippen LogP contribution in [0.15, 0.2) is 48.7 Å². The Labute approximate surface area is 142 Å². The highest BCUT2D eigenvalue weighted by Gasteiger charge is 2.37. The zero-order chi connectivity index (χ0) is 17.0. The van der Waals surface area contributed by atoms with Crippen molar-refractivity contribution in [1.82, 2.24) is 4.98 Å². The van der Waals surface area contributed by atoms with Gasteiger partial charge in [-0.3, -0.25) is 4.79 Å². The van der Waals surface area contributed by atoms with E-state index >= 15 is 0 Å². The predicted octanol–water partition coefficient (Wildman–Crippen LogP) is 3.72. The molecule has 1 amide bonds. The number of carbonyl (C=O) groups excluding carboxylic acids is 1. The van der Waals surface area contributed by atoms with Crippen LogP contribution in [-0.2, 0) is 4.79 Å². The minimum atomic E-state index is -0.426. The van der Waals surface area contributed by atoms with Gasteiger partial charge in [0.2, 0.25) is 11.8 Å². The number of anilines is 1. The molecule has 2 atom stereocenters. The molecule has 0 aliphatic heterocycles. The largest absolute Gasteiger partial charge is 0.439 e. The number of aromatic nitrogens is 1. The number of amides is 1. The number of pyridine rings is 1. The summed E-state index contributed by atoms with van der Waals surface area (Å²) >= 11 is 0. The Kier molecular flexibility index (Phi) is 4.81. The summed E-state index contributed by atoms with van der Waals surface area (Å²) in [5.41, 5.74) is 6.62. The fourth-order valence-corrected chi connectivity index (χ4v) is 3.15. The molecule has 2 aromatic rings. The first-order valence-electron chi connectivity index (χ1n) is 8.33. The Morgan fingerprint density at radius 3 is 2.71 bits per heavy atom. The maximum absolute atomic E-state index is 12.5. The number of nitrogens with two attached hydrogens (primary N) is 1. The summed E-state index contributed by atoms with van der Waals surface area (Å²) in [5.74, 6) is 1.07. The van der Waals surface area contributed by atoms with E-state index in [1.165, 1.54) is 0 Å². The lowest BCUT2D eigenvalue weighted by molar-refractivity contribution is -0.122. The minimum Gasteiger partial charge on any atom is -0.439 e. The Morgan fingerprint density at radius 1 is 1.25 bits per heavy atom. The average Bonchev–Trinajstić information content (AvgIpc) is 2.57. The summed E-state index contributed by atoms with van der Waals surface area (Å²) in [5, 5.41) is 2.97. The van der Waals surface area contributed by atoms with Gasteiger partial charge in [0.1, 0.15) is 5.75 Å². The van der Waals surface area contributed by atoms with E-state index in [0.29, 0.717) is 11.6 Å². The molecule has 1 aromatic carbocycles. The van der Waals surface area contributed by atoms with Crippen molar-refractivity contribution >= 4 is 11.6 Å². The number of hydrogen-bond acceptors (Lipinski definition) is 4. The molecule has 1 aromatic heterocycles. The molecule has 126 valence electrons. The van der Waals surface area contributed by atoms with Crippen molar-refractivity contribution in [2.24, 2.45) is 11.7 Å². The van der Waals surface area contributed by atoms with E-state index in [1.54, 1.807) is 12.3 Å². The quantitative estimate of drug-likeness (QED) is 0.898. The maximum Gasteiger partial charge on any atom is 0.229 e. The standard InChI is InChI=1S/C19H23N3O2/c1-19(20)12-4-2-6-16(19)18(23)22-14-8-10-15(11-9-14)24-17-7-3-5-13-21-17/h3,5,7-11,13,16H,2,4,6,12,20H2,1H3,(H,22,23). The molecule has 1 aliphatic carbocycles. The van der Waals surface area contributed by atoms with E-state index in [-0.39, 0.29) is 11.8 Å². The second-order valence-electron chi connectivity index (χ2n) is 6.59. The molecular weight excluding hydrogens is 302 g/mol. The summed E-state index contributed by atoms with van der Waals surface area (Å²) < 4.78 is 5.64. The van der Waals surface area contributed by atoms with Gasteiger partial charge in [-0.05, 0) is 50.1 Å². The number of hydrogen-bond donors (Lipinski definition) is 2. The summed E-state index contributed by atoms with van der Waals surface area (Å²) in [7, 11) is 0. The fourth-order valence-electron chi connectivity index (χ4n) is 3.15. The van der Waals surface area contributed by atoms with E-state index in [9.17, 15) is 4.79 Å². The van der Waals surface area contributed by atoms with Crippen molar-refractivity contribution in [2.45, 2.75) is 38.1 Å². The van der Waals surface area contributed by atoms with Crippen LogP contribution in [0.25, 0.3) is 0 Å². The van der Waals surface area contributed by atoms with Gasteiger partial charge in [0.25, 0.3) is 0 Å². The number of rotatable bonds is 4. The first-order valence-corrected chi connectivity index (χ1v) is 8.33. The molecule has 1 saturated carbocycles. The summed E-state index contributed by atoms with van der Waals surface area (Å²) in [6.07, 6.45) is 5.57. The zero-order valence-electron chi connectivity index (χ0n) is 13.9. The average molecular weight is 325 g/mol. The highest BCUT2D eigenvalue weighted by molar-refractivity contribution is 5.93. The van der Waals surface area contributed by atoms with Crippen LogP contribution in [0.5, 0.6) is 11.6 Å². The van der Waals surface area contributed by atoms with E-state index in [1.807, 2.05) is 43.3 Å². The first kappa shape index (κ1) is 16.5. The Hall–Kier alpha value is -2.40. The van der Waals surface area contributed by atoms with Gasteiger partial charge in [0.15, 0.2) is 0 Å². The normalized spacial score (nSPS) is 23.5. The van der Waals surface area contributed by atoms with Gasteiger partial charge in [-0.25, -0.2) is 4.98 Å². The molecule has 0 bridgehead atoms. The number of nitrogens with one attached hydrogen (secondary N) is 1. The summed E-state index contributed by atoms with van der Waals surface area (Å²) in [6.45, 7) is 1.97. The molecular formula is C19H23N3O2. The molecule has 24 heavy (non-hydrogen) atoms. The lowest BCUT2D eigenvalue weighted by Gasteiger charge is -2.37. The third-order valence-electron chi connectivity index (χ3n) is 4.55. The molecule has 3 rings (SSSR count). The van der Waals surface area contributed by atoms with Crippen molar-refractivity contribution in [3.05, 3.63) is 48.7 Å². The van der Waals surface area contributed by atoms with Crippen molar-refractivity contribution in [3.63, 3.8) is 0 Å². The van der Waals surface area contributed by atoms with Crippen LogP contribution in [0, 0.1) is 5.92 Å². The predicted molar refractivity (Wildman–Crippen MR) is 93.9 cm³/mol. The second-order valence-corrected chi connectivity index (χ2v) is 6.59. The second kappa shape index (κ2) is 7.01. The molecule has 1 fully saturated rings. The lowest BCUT2D eigenvalue weighted by atomic mass is 9.74. The summed E-state index contributed by atoms with van der Waals surface area (Å²) in [4.78, 5) is 16.6. The molecule has 0 radical (unpaired) electrons. The number of benzene rings is 1. The highest BCUT2D eigenvalue weighted by atomic mass is 16.5. The third kappa shape index (κ3) is 3.92. The molecule has 5 heteroatoms. The van der Waals surface area contributed by atoms with Crippen molar-refractivity contribution in [2.75, 3.05) is 5.32 Å². The zero-order valence-corrected chi connectivity index (χ0v) is 13.9. The van der Waals surface area contributed by atoms with Gasteiger partial charge in [-0.2, -0.15) is 0 Å². The van der Waals surface area contributed by atoms with Crippen LogP contribution >= 0.6 is 0 Å². The third-order valence-corrected chi connectivity index (χ3v) is 4.55. The van der Waals surface area contributed by atoms with E-state index in [0.717, 1.165) is 31.4 Å². The molecule has 2 unspecified atom stereocenters. The van der Waals surface area contributed by atoms with Crippen LogP contribution < -0.4 is 15.8 Å². The molecule has 1 heterocycles. The van der Waals surface area contributed by atoms with Gasteiger partial charge < -0.3 is 15.8 Å². The number of nitrogens with zero attached hydrogens (tertiary/aromatic N) is 1. The van der Waals surface area contributed by atoms with Crippen LogP contribution in [0.3, 0.4) is 0 Å². The van der Waals surface area contributed by atoms with Gasteiger partial charge in [0, 0.05) is 23.5 Å². The van der Waals surface area contributed by atoms with E-state index < -0.39 is 5.54 Å². The lowest BCUT2D eigenvalue weighted by Crippen LogP contribution is -2.51. The van der Waals surface area contributed by atoms with Crippen LogP contribution in [0.1, 0.15) is 32.6 Å². The molecule has 5 nitrogen and oxygen atoms in total. The van der Waals surface area contributed by atoms with E-state index in [2.05, 4.69) is 10.3 Å². The first-order chi connectivity index (χ1) is 11.5. The fraction of sp³-hybridized carbons (Fsp3) is 0.368. The Bertz CT molecular complexity index is 684. The molecule has 1 aliphatic rings. The van der Waals surface area contributed by atoms with Crippen molar-refractivity contribution < 1.29 is 9.53 Å². The molecule has 3 N–H and O–H groups in total. The Balaban J connectivity index is 1.62. The minimum absolute atomic E-state index is 0.00176. The van der Waals surface area contributed by atoms with E-state index in [4.69, 9.17) is 10.5 Å². The number of carbonyl (C=O) groups is 1. The van der Waals surface area contributed by atoms with Crippen LogP contribution in [-0.4, -0.2) is 16.4 Å². The highest BCUT2D eigenvalue weighted by Crippen LogP contribution is 2.32. The van der Waals surface area contributed by atoms with Gasteiger partial charge >= 0.3 is 0 Å². The van der Waals surface area contributed by atoms with Gasteiger partial charge in [-0.1, -0.05) is 18.9 Å². The Morgan fingerprint density at radius 2 is 2.04 bits per heavy atom. The van der Waals surface area contributed by atoms with Crippen LogP contribution in [0.2, 0.25) is 0 Å². The summed E-state index contributed by atoms with van der Waals surface area (Å²) in [6, 6.07) is 12.8. The molecule has 0 spiro atoms. The monoisotopic (exact) mass is 325 g/mol. The smallest absolute Gasteiger partial charge is 0.229 e. The molecule has 0 saturated heterocycles. The number of ether oxygens (including phenoxy) is 1. The van der Waals surface area contributed by atoms with Gasteiger partial charge in [-0.15, -0.1) is 0 Å². The van der Waals surface area contributed by atoms with Crippen molar-refractivity contribution in [3.8, 4) is 11.6 Å².